The Morgan fingerprint density at radius 2 is 0.837 bits per heavy atom. The van der Waals surface area contributed by atoms with Gasteiger partial charge in [-0.1, -0.05) is 146 Å². The van der Waals surface area contributed by atoms with Gasteiger partial charge in [0.05, 0.1) is 17.0 Å². The molecule has 0 atom stereocenters. The van der Waals surface area contributed by atoms with Crippen molar-refractivity contribution in [2.45, 2.75) is 0 Å². The SMILES string of the molecule is c1ccc(-c2cc(-c3ccccc3)nc(-c3c(-c4ccc5c6ccccc6c6ccccc6c5c4)ccc4c3oc3ccccc34)n2)cc1. The first kappa shape index (κ1) is 27.5. The number of furan rings is 1. The van der Waals surface area contributed by atoms with Crippen molar-refractivity contribution in [2.24, 2.45) is 0 Å². The second kappa shape index (κ2) is 11.0. The van der Waals surface area contributed by atoms with Gasteiger partial charge in [0, 0.05) is 21.9 Å². The monoisotopic (exact) mass is 624 g/mol. The summed E-state index contributed by atoms with van der Waals surface area (Å²) in [6.07, 6.45) is 0. The van der Waals surface area contributed by atoms with Gasteiger partial charge < -0.3 is 4.42 Å². The number of hydrogen-bond donors (Lipinski definition) is 0. The van der Waals surface area contributed by atoms with E-state index in [0.717, 1.165) is 61.1 Å². The van der Waals surface area contributed by atoms with Crippen molar-refractivity contribution >= 4 is 54.3 Å². The number of fused-ring (bicyclic) bond motifs is 9. The summed E-state index contributed by atoms with van der Waals surface area (Å²) >= 11 is 0. The molecule has 3 heteroatoms. The lowest BCUT2D eigenvalue weighted by atomic mass is 9.90. The van der Waals surface area contributed by atoms with Crippen LogP contribution in [0.5, 0.6) is 0 Å². The average molecular weight is 625 g/mol. The highest BCUT2D eigenvalue weighted by molar-refractivity contribution is 6.26. The number of benzene rings is 8. The Morgan fingerprint density at radius 3 is 1.45 bits per heavy atom. The van der Waals surface area contributed by atoms with E-state index in [2.05, 4.69) is 121 Å². The third-order valence-corrected chi connectivity index (χ3v) is 9.69. The van der Waals surface area contributed by atoms with E-state index in [-0.39, 0.29) is 0 Å². The van der Waals surface area contributed by atoms with E-state index >= 15 is 0 Å². The summed E-state index contributed by atoms with van der Waals surface area (Å²) in [5, 5.41) is 9.57. The molecule has 228 valence electrons. The van der Waals surface area contributed by atoms with Crippen molar-refractivity contribution in [3.05, 3.63) is 170 Å². The first-order valence-corrected chi connectivity index (χ1v) is 16.6. The van der Waals surface area contributed by atoms with E-state index < -0.39 is 0 Å². The second-order valence-corrected chi connectivity index (χ2v) is 12.5. The van der Waals surface area contributed by atoms with Crippen LogP contribution in [0.3, 0.4) is 0 Å². The lowest BCUT2D eigenvalue weighted by Gasteiger charge is -2.15. The van der Waals surface area contributed by atoms with E-state index in [0.29, 0.717) is 5.82 Å². The topological polar surface area (TPSA) is 38.9 Å². The minimum Gasteiger partial charge on any atom is -0.455 e. The Kier molecular flexibility index (Phi) is 6.18. The Morgan fingerprint density at radius 1 is 0.347 bits per heavy atom. The fourth-order valence-corrected chi connectivity index (χ4v) is 7.40. The Balaban J connectivity index is 1.31. The third kappa shape index (κ3) is 4.44. The van der Waals surface area contributed by atoms with Gasteiger partial charge in [-0.05, 0) is 67.7 Å². The molecular weight excluding hydrogens is 597 g/mol. The molecule has 0 aliphatic carbocycles. The van der Waals surface area contributed by atoms with Gasteiger partial charge >= 0.3 is 0 Å². The molecular formula is C46H28N2O. The smallest absolute Gasteiger partial charge is 0.164 e. The molecule has 0 bridgehead atoms. The van der Waals surface area contributed by atoms with E-state index in [9.17, 15) is 0 Å². The zero-order valence-corrected chi connectivity index (χ0v) is 26.5. The summed E-state index contributed by atoms with van der Waals surface area (Å²) in [5.74, 6) is 0.628. The second-order valence-electron chi connectivity index (χ2n) is 12.5. The van der Waals surface area contributed by atoms with Gasteiger partial charge in [0.2, 0.25) is 0 Å². The van der Waals surface area contributed by atoms with Crippen LogP contribution in [0.15, 0.2) is 174 Å². The van der Waals surface area contributed by atoms with Crippen LogP contribution in [-0.4, -0.2) is 9.97 Å². The molecule has 0 saturated carbocycles. The molecule has 0 radical (unpaired) electrons. The van der Waals surface area contributed by atoms with Gasteiger partial charge in [-0.25, -0.2) is 9.97 Å². The molecule has 49 heavy (non-hydrogen) atoms. The van der Waals surface area contributed by atoms with Crippen LogP contribution in [0.25, 0.3) is 99.3 Å². The fourth-order valence-electron chi connectivity index (χ4n) is 7.40. The molecule has 0 aliphatic rings. The largest absolute Gasteiger partial charge is 0.455 e. The molecule has 10 rings (SSSR count). The minimum atomic E-state index is 0.628. The van der Waals surface area contributed by atoms with Crippen LogP contribution >= 0.6 is 0 Å². The molecule has 0 unspecified atom stereocenters. The summed E-state index contributed by atoms with van der Waals surface area (Å²) in [7, 11) is 0. The van der Waals surface area contributed by atoms with E-state index in [1.807, 2.05) is 48.5 Å². The molecule has 0 amide bonds. The van der Waals surface area contributed by atoms with Crippen LogP contribution in [0, 0.1) is 0 Å². The predicted octanol–water partition coefficient (Wildman–Crippen LogP) is 12.5. The molecule has 8 aromatic carbocycles. The van der Waals surface area contributed by atoms with Crippen LogP contribution in [0.2, 0.25) is 0 Å². The van der Waals surface area contributed by atoms with Crippen molar-refractivity contribution in [1.29, 1.82) is 0 Å². The van der Waals surface area contributed by atoms with Crippen molar-refractivity contribution in [3.8, 4) is 45.0 Å². The number of aromatic nitrogens is 2. The molecule has 0 N–H and O–H groups in total. The van der Waals surface area contributed by atoms with E-state index in [1.54, 1.807) is 0 Å². The average Bonchev–Trinajstić information content (AvgIpc) is 3.57. The molecule has 2 aromatic heterocycles. The lowest BCUT2D eigenvalue weighted by Crippen LogP contribution is -1.98. The molecule has 3 nitrogen and oxygen atoms in total. The van der Waals surface area contributed by atoms with Crippen LogP contribution < -0.4 is 0 Å². The standard InChI is InChI=1S/C46H28N2O/c1-3-13-29(14-4-1)41-28-42(30-15-5-2-6-16-30)48-46(47-41)44-32(25-26-39-38-21-11-12-22-43(38)49-45(39)44)31-23-24-37-35-19-8-7-17-33(35)34-18-9-10-20-36(34)40(37)27-31/h1-28H. The highest BCUT2D eigenvalue weighted by atomic mass is 16.3. The molecule has 0 aliphatic heterocycles. The Labute approximate surface area is 282 Å². The van der Waals surface area contributed by atoms with Gasteiger partial charge in [0.25, 0.3) is 0 Å². The van der Waals surface area contributed by atoms with Crippen molar-refractivity contribution in [1.82, 2.24) is 9.97 Å². The molecule has 10 aromatic rings. The number of hydrogen-bond acceptors (Lipinski definition) is 3. The number of nitrogens with zero attached hydrogens (tertiary/aromatic N) is 2. The van der Waals surface area contributed by atoms with Gasteiger partial charge in [-0.15, -0.1) is 0 Å². The van der Waals surface area contributed by atoms with E-state index in [4.69, 9.17) is 14.4 Å². The zero-order chi connectivity index (χ0) is 32.3. The maximum absolute atomic E-state index is 6.73. The molecule has 0 saturated heterocycles. The minimum absolute atomic E-state index is 0.628. The Bertz CT molecular complexity index is 2780. The fraction of sp³-hybridized carbons (Fsp3) is 0. The summed E-state index contributed by atoms with van der Waals surface area (Å²) < 4.78 is 6.73. The molecule has 0 spiro atoms. The predicted molar refractivity (Wildman–Crippen MR) is 204 cm³/mol. The van der Waals surface area contributed by atoms with Gasteiger partial charge in [0.15, 0.2) is 5.82 Å². The van der Waals surface area contributed by atoms with Crippen LogP contribution in [0.4, 0.5) is 0 Å². The van der Waals surface area contributed by atoms with Gasteiger partial charge in [-0.3, -0.25) is 0 Å². The first-order valence-electron chi connectivity index (χ1n) is 16.6. The zero-order valence-electron chi connectivity index (χ0n) is 26.5. The third-order valence-electron chi connectivity index (χ3n) is 9.69. The van der Waals surface area contributed by atoms with Crippen molar-refractivity contribution in [2.75, 3.05) is 0 Å². The van der Waals surface area contributed by atoms with Gasteiger partial charge in [0.1, 0.15) is 11.2 Å². The maximum Gasteiger partial charge on any atom is 0.164 e. The lowest BCUT2D eigenvalue weighted by molar-refractivity contribution is 0.669. The van der Waals surface area contributed by atoms with Crippen molar-refractivity contribution in [3.63, 3.8) is 0 Å². The number of rotatable bonds is 4. The first-order chi connectivity index (χ1) is 24.3. The summed E-state index contributed by atoms with van der Waals surface area (Å²) in [6, 6.07) is 59.6. The Hall–Kier alpha value is -6.58. The quantitative estimate of drug-likeness (QED) is 0.183. The van der Waals surface area contributed by atoms with Crippen LogP contribution in [-0.2, 0) is 0 Å². The number of para-hydroxylation sites is 1. The van der Waals surface area contributed by atoms with Gasteiger partial charge in [-0.2, -0.15) is 0 Å². The normalized spacial score (nSPS) is 11.7. The highest BCUT2D eigenvalue weighted by Crippen LogP contribution is 2.44. The molecule has 0 fully saturated rings. The van der Waals surface area contributed by atoms with Crippen molar-refractivity contribution < 1.29 is 4.42 Å². The maximum atomic E-state index is 6.73. The van der Waals surface area contributed by atoms with E-state index in [1.165, 1.54) is 32.3 Å². The summed E-state index contributed by atoms with van der Waals surface area (Å²) in [6.45, 7) is 0. The van der Waals surface area contributed by atoms with Crippen LogP contribution in [0.1, 0.15) is 0 Å². The highest BCUT2D eigenvalue weighted by Gasteiger charge is 2.22. The molecule has 2 heterocycles. The summed E-state index contributed by atoms with van der Waals surface area (Å²) in [5.41, 5.74) is 8.40. The summed E-state index contributed by atoms with van der Waals surface area (Å²) in [4.78, 5) is 10.6.